The van der Waals surface area contributed by atoms with Crippen LogP contribution in [0.4, 0.5) is 5.95 Å². The van der Waals surface area contributed by atoms with Gasteiger partial charge in [0.05, 0.1) is 18.1 Å². The van der Waals surface area contributed by atoms with Crippen LogP contribution in [0.5, 0.6) is 0 Å². The van der Waals surface area contributed by atoms with Gasteiger partial charge in [-0.2, -0.15) is 4.98 Å². The first-order valence-electron chi connectivity index (χ1n) is 7.26. The lowest BCUT2D eigenvalue weighted by Crippen LogP contribution is -2.33. The number of nitrogens with zero attached hydrogens (tertiary/aromatic N) is 3. The number of hydrogen-bond donors (Lipinski definition) is 1. The fraction of sp³-hybridized carbons (Fsp3) is 0.333. The van der Waals surface area contributed by atoms with E-state index in [1.165, 1.54) is 6.26 Å². The number of allylic oxidation sites excluding steroid dienone is 2. The Balaban J connectivity index is 1.52. The number of furan rings is 1. The highest BCUT2D eigenvalue weighted by Crippen LogP contribution is 2.52. The molecule has 1 saturated heterocycles. The van der Waals surface area contributed by atoms with Gasteiger partial charge in [-0.3, -0.25) is 14.7 Å². The molecule has 2 aromatic rings. The Hall–Kier alpha value is -2.70. The summed E-state index contributed by atoms with van der Waals surface area (Å²) < 4.78 is 5.24. The zero-order valence-corrected chi connectivity index (χ0v) is 11.5. The average molecular weight is 296 g/mol. The van der Waals surface area contributed by atoms with E-state index in [4.69, 9.17) is 4.42 Å². The minimum atomic E-state index is -0.243. The van der Waals surface area contributed by atoms with Crippen LogP contribution in [-0.2, 0) is 9.59 Å². The Morgan fingerprint density at radius 1 is 1.18 bits per heavy atom. The number of nitrogens with one attached hydrogen (secondary N) is 1. The highest BCUT2D eigenvalue weighted by atomic mass is 16.3. The van der Waals surface area contributed by atoms with Crippen LogP contribution in [0.2, 0.25) is 0 Å². The summed E-state index contributed by atoms with van der Waals surface area (Å²) in [5.41, 5.74) is 0. The van der Waals surface area contributed by atoms with Crippen molar-refractivity contribution in [3.8, 4) is 11.6 Å². The van der Waals surface area contributed by atoms with E-state index in [0.717, 1.165) is 11.3 Å². The molecular weight excluding hydrogens is 284 g/mol. The van der Waals surface area contributed by atoms with Crippen LogP contribution >= 0.6 is 0 Å². The maximum atomic E-state index is 12.6. The van der Waals surface area contributed by atoms with E-state index in [-0.39, 0.29) is 41.4 Å². The molecule has 7 nitrogen and oxygen atoms in total. The number of hydrogen-bond acceptors (Lipinski definition) is 5. The van der Waals surface area contributed by atoms with Gasteiger partial charge in [-0.15, -0.1) is 5.10 Å². The molecule has 4 atom stereocenters. The summed E-state index contributed by atoms with van der Waals surface area (Å²) in [4.78, 5) is 30.6. The molecular formula is C15H12N4O3. The van der Waals surface area contributed by atoms with Crippen molar-refractivity contribution in [3.63, 3.8) is 0 Å². The van der Waals surface area contributed by atoms with Gasteiger partial charge < -0.3 is 4.42 Å². The van der Waals surface area contributed by atoms with Crippen LogP contribution in [-0.4, -0.2) is 27.0 Å². The van der Waals surface area contributed by atoms with Gasteiger partial charge in [0.25, 0.3) is 5.95 Å². The maximum absolute atomic E-state index is 12.6. The summed E-state index contributed by atoms with van der Waals surface area (Å²) in [7, 11) is 0. The predicted octanol–water partition coefficient (Wildman–Crippen LogP) is 1.38. The van der Waals surface area contributed by atoms with Crippen molar-refractivity contribution >= 4 is 17.8 Å². The maximum Gasteiger partial charge on any atom is 0.258 e. The van der Waals surface area contributed by atoms with Crippen molar-refractivity contribution in [2.24, 2.45) is 23.7 Å². The van der Waals surface area contributed by atoms with Gasteiger partial charge in [-0.05, 0) is 30.4 Å². The van der Waals surface area contributed by atoms with Crippen molar-refractivity contribution in [1.82, 2.24) is 15.2 Å². The third-order valence-electron chi connectivity index (χ3n) is 4.90. The number of aromatic nitrogens is 3. The van der Waals surface area contributed by atoms with E-state index in [1.54, 1.807) is 12.1 Å². The number of amides is 2. The van der Waals surface area contributed by atoms with E-state index in [2.05, 4.69) is 27.3 Å². The summed E-state index contributed by atoms with van der Waals surface area (Å²) in [5, 5.41) is 6.73. The van der Waals surface area contributed by atoms with E-state index in [1.807, 2.05) is 0 Å². The van der Waals surface area contributed by atoms with E-state index in [0.29, 0.717) is 11.6 Å². The van der Waals surface area contributed by atoms with Crippen LogP contribution in [0.25, 0.3) is 11.6 Å². The second kappa shape index (κ2) is 3.94. The van der Waals surface area contributed by atoms with Crippen molar-refractivity contribution in [2.45, 2.75) is 6.42 Å². The Labute approximate surface area is 125 Å². The fourth-order valence-electron chi connectivity index (χ4n) is 3.98. The first kappa shape index (κ1) is 11.9. The normalized spacial score (nSPS) is 32.3. The molecule has 1 N–H and O–H groups in total. The van der Waals surface area contributed by atoms with Crippen molar-refractivity contribution in [3.05, 3.63) is 30.5 Å². The summed E-state index contributed by atoms with van der Waals surface area (Å²) >= 11 is 0. The summed E-state index contributed by atoms with van der Waals surface area (Å²) in [6.45, 7) is 0. The average Bonchev–Trinajstić information content (AvgIpc) is 3.28. The predicted molar refractivity (Wildman–Crippen MR) is 74.3 cm³/mol. The van der Waals surface area contributed by atoms with E-state index >= 15 is 0 Å². The molecule has 110 valence electrons. The molecule has 2 aliphatic carbocycles. The quantitative estimate of drug-likeness (QED) is 0.667. The lowest BCUT2D eigenvalue weighted by molar-refractivity contribution is -0.123. The van der Waals surface area contributed by atoms with Crippen LogP contribution < -0.4 is 4.90 Å². The number of anilines is 1. The molecule has 1 aliphatic heterocycles. The number of carbonyl (C=O) groups is 2. The Bertz CT molecular complexity index is 777. The van der Waals surface area contributed by atoms with Gasteiger partial charge in [0.2, 0.25) is 11.8 Å². The second-order valence-corrected chi connectivity index (χ2v) is 5.97. The third-order valence-corrected chi connectivity index (χ3v) is 4.90. The molecule has 0 spiro atoms. The van der Waals surface area contributed by atoms with Crippen molar-refractivity contribution < 1.29 is 14.0 Å². The topological polar surface area (TPSA) is 92.1 Å². The minimum Gasteiger partial charge on any atom is -0.461 e. The molecule has 5 rings (SSSR count). The molecule has 22 heavy (non-hydrogen) atoms. The van der Waals surface area contributed by atoms with Crippen molar-refractivity contribution in [1.29, 1.82) is 0 Å². The Morgan fingerprint density at radius 3 is 2.55 bits per heavy atom. The van der Waals surface area contributed by atoms with E-state index < -0.39 is 0 Å². The number of imide groups is 1. The van der Waals surface area contributed by atoms with Gasteiger partial charge in [0, 0.05) is 0 Å². The van der Waals surface area contributed by atoms with Gasteiger partial charge in [0.15, 0.2) is 11.6 Å². The zero-order valence-electron chi connectivity index (χ0n) is 11.5. The first-order valence-corrected chi connectivity index (χ1v) is 7.26. The molecule has 3 heterocycles. The van der Waals surface area contributed by atoms with Crippen LogP contribution in [0.3, 0.4) is 0 Å². The number of aromatic amines is 1. The van der Waals surface area contributed by atoms with Crippen LogP contribution in [0.1, 0.15) is 6.42 Å². The smallest absolute Gasteiger partial charge is 0.258 e. The monoisotopic (exact) mass is 296 g/mol. The number of H-pyrrole nitrogens is 1. The Kier molecular flexibility index (Phi) is 2.13. The largest absolute Gasteiger partial charge is 0.461 e. The molecule has 2 bridgehead atoms. The standard InChI is InChI=1S/C15H12N4O3/c20-13-10-7-3-4-8(6-7)11(10)14(21)19(13)15-16-12(17-18-15)9-2-1-5-22-9/h1-5,7-8,10-11H,6H2,(H,16,17,18)/t7-,8+,10-,11+. The van der Waals surface area contributed by atoms with Gasteiger partial charge >= 0.3 is 0 Å². The molecule has 2 fully saturated rings. The summed E-state index contributed by atoms with van der Waals surface area (Å²) in [6.07, 6.45) is 6.56. The number of rotatable bonds is 2. The van der Waals surface area contributed by atoms with Gasteiger partial charge in [-0.1, -0.05) is 12.2 Å². The lowest BCUT2D eigenvalue weighted by Gasteiger charge is -2.14. The van der Waals surface area contributed by atoms with Crippen LogP contribution in [0.15, 0.2) is 35.0 Å². The Morgan fingerprint density at radius 2 is 1.91 bits per heavy atom. The van der Waals surface area contributed by atoms with Crippen LogP contribution in [0, 0.1) is 23.7 Å². The zero-order chi connectivity index (χ0) is 14.8. The van der Waals surface area contributed by atoms with Crippen molar-refractivity contribution in [2.75, 3.05) is 4.90 Å². The third kappa shape index (κ3) is 1.35. The molecule has 0 radical (unpaired) electrons. The number of fused-ring (bicyclic) bond motifs is 5. The highest BCUT2D eigenvalue weighted by Gasteiger charge is 2.60. The summed E-state index contributed by atoms with van der Waals surface area (Å²) in [5.74, 6) is 0.531. The molecule has 7 heteroatoms. The fourth-order valence-corrected chi connectivity index (χ4v) is 3.98. The molecule has 3 aliphatic rings. The highest BCUT2D eigenvalue weighted by molar-refractivity contribution is 6.21. The SMILES string of the molecule is O=C1[C@@H]2[C@H](C(=O)N1c1n[nH]c(-c3ccco3)n1)[C@@H]1C=C[C@H]2C1. The number of carbonyl (C=O) groups excluding carboxylic acids is 2. The first-order chi connectivity index (χ1) is 10.7. The molecule has 1 saturated carbocycles. The molecule has 2 amide bonds. The minimum absolute atomic E-state index is 0.107. The molecule has 2 aromatic heterocycles. The van der Waals surface area contributed by atoms with E-state index in [9.17, 15) is 9.59 Å². The molecule has 0 unspecified atom stereocenters. The summed E-state index contributed by atoms with van der Waals surface area (Å²) in [6, 6.07) is 3.47. The second-order valence-electron chi connectivity index (χ2n) is 5.97. The molecule has 0 aromatic carbocycles. The van der Waals surface area contributed by atoms with Gasteiger partial charge in [-0.25, -0.2) is 4.90 Å². The van der Waals surface area contributed by atoms with Gasteiger partial charge in [0.1, 0.15) is 0 Å². The lowest BCUT2D eigenvalue weighted by atomic mass is 9.85.